The molecule has 3 N–H and O–H groups in total. The minimum atomic E-state index is -0.700. The van der Waals surface area contributed by atoms with E-state index < -0.39 is 5.91 Å². The van der Waals surface area contributed by atoms with Gasteiger partial charge in [0.15, 0.2) is 5.57 Å². The van der Waals surface area contributed by atoms with Crippen LogP contribution in [-0.4, -0.2) is 47.5 Å². The topological polar surface area (TPSA) is 143 Å². The van der Waals surface area contributed by atoms with E-state index in [2.05, 4.69) is 20.9 Å². The molecule has 2 fully saturated rings. The molecule has 1 aromatic heterocycles. The lowest BCUT2D eigenvalue weighted by molar-refractivity contribution is -0.118. The molecule has 0 radical (unpaired) electrons. The van der Waals surface area contributed by atoms with Crippen molar-refractivity contribution in [2.45, 2.75) is 45.6 Å². The lowest BCUT2D eigenvalue weighted by Gasteiger charge is -2.41. The summed E-state index contributed by atoms with van der Waals surface area (Å²) in [4.78, 5) is 40.3. The van der Waals surface area contributed by atoms with Gasteiger partial charge in [-0.3, -0.25) is 23.9 Å². The van der Waals surface area contributed by atoms with E-state index in [0.717, 1.165) is 30.3 Å². The number of carbonyl (C=O) groups is 2. The van der Waals surface area contributed by atoms with Crippen molar-refractivity contribution in [1.29, 1.82) is 10.5 Å². The Balaban J connectivity index is 1.45. The van der Waals surface area contributed by atoms with Crippen LogP contribution in [0.15, 0.2) is 29.1 Å². The second-order valence-corrected chi connectivity index (χ2v) is 10.9. The molecule has 2 atom stereocenters. The van der Waals surface area contributed by atoms with E-state index in [1.165, 1.54) is 42.9 Å². The van der Waals surface area contributed by atoms with Crippen LogP contribution < -0.4 is 30.7 Å². The summed E-state index contributed by atoms with van der Waals surface area (Å²) in [5.41, 5.74) is 0.769. The first-order valence-electron chi connectivity index (χ1n) is 13.3. The molecule has 0 unspecified atom stereocenters. The fourth-order valence-electron chi connectivity index (χ4n) is 5.46. The number of nitriles is 2. The van der Waals surface area contributed by atoms with Gasteiger partial charge < -0.3 is 16.0 Å². The van der Waals surface area contributed by atoms with Crippen LogP contribution in [0.25, 0.3) is 11.8 Å². The van der Waals surface area contributed by atoms with Gasteiger partial charge in [-0.05, 0) is 56.3 Å². The van der Waals surface area contributed by atoms with E-state index in [-0.39, 0.29) is 34.8 Å². The number of fused-ring (bicyclic) bond motifs is 1. The van der Waals surface area contributed by atoms with Crippen molar-refractivity contribution in [2.24, 2.45) is 11.8 Å². The smallest absolute Gasteiger partial charge is 0.270 e. The second kappa shape index (κ2) is 13.2. The molecule has 0 spiro atoms. The third kappa shape index (κ3) is 6.94. The fraction of sp³-hybridized carbons (Fsp3) is 0.464. The Hall–Kier alpha value is -3.93. The van der Waals surface area contributed by atoms with Gasteiger partial charge in [0.2, 0.25) is 5.91 Å². The quantitative estimate of drug-likeness (QED) is 0.426. The number of benzene rings is 1. The maximum absolute atomic E-state index is 12.9. The van der Waals surface area contributed by atoms with E-state index in [4.69, 9.17) is 5.26 Å². The molecular formula is C28H33N7O3S. The van der Waals surface area contributed by atoms with Crippen molar-refractivity contribution in [2.75, 3.05) is 36.8 Å². The first-order chi connectivity index (χ1) is 18.9. The van der Waals surface area contributed by atoms with Gasteiger partial charge in [-0.2, -0.15) is 10.5 Å². The molecule has 39 heavy (non-hydrogen) atoms. The Morgan fingerprint density at radius 1 is 1.15 bits per heavy atom. The van der Waals surface area contributed by atoms with Crippen LogP contribution in [0.3, 0.4) is 0 Å². The third-order valence-corrected chi connectivity index (χ3v) is 8.49. The predicted octanol–water partition coefficient (Wildman–Crippen LogP) is 1.54. The zero-order valence-corrected chi connectivity index (χ0v) is 22.9. The van der Waals surface area contributed by atoms with Gasteiger partial charge in [0.1, 0.15) is 21.8 Å². The lowest BCUT2D eigenvalue weighted by atomic mass is 9.75. The number of hydrogen-bond acceptors (Lipinski definition) is 8. The minimum absolute atomic E-state index is 0.0478. The van der Waals surface area contributed by atoms with Gasteiger partial charge in [0, 0.05) is 30.7 Å². The Bertz CT molecular complexity index is 1480. The summed E-state index contributed by atoms with van der Waals surface area (Å²) in [6.45, 7) is 4.13. The van der Waals surface area contributed by atoms with Gasteiger partial charge in [-0.25, -0.2) is 0 Å². The van der Waals surface area contributed by atoms with Gasteiger partial charge in [0.25, 0.3) is 11.5 Å². The number of aromatic nitrogens is 1. The van der Waals surface area contributed by atoms with Gasteiger partial charge in [-0.15, -0.1) is 11.3 Å². The number of rotatable bonds is 8. The number of piperidine rings is 1. The van der Waals surface area contributed by atoms with Crippen LogP contribution in [0.1, 0.15) is 39.0 Å². The summed E-state index contributed by atoms with van der Waals surface area (Å²) in [6.07, 6.45) is 7.94. The molecule has 11 heteroatoms. The largest absolute Gasteiger partial charge is 0.360 e. The molecule has 4 rings (SSSR count). The average molecular weight is 548 g/mol. The normalized spacial score (nSPS) is 20.2. The molecule has 1 saturated carbocycles. The summed E-state index contributed by atoms with van der Waals surface area (Å²) in [5, 5.41) is 26.6. The van der Waals surface area contributed by atoms with Gasteiger partial charge >= 0.3 is 0 Å². The number of carbonyl (C=O) groups excluding carboxylic acids is 2. The summed E-state index contributed by atoms with van der Waals surface area (Å²) in [6, 6.07) is 10.9. The lowest BCUT2D eigenvalue weighted by Crippen LogP contribution is -2.44. The average Bonchev–Trinajstić information content (AvgIpc) is 3.25. The summed E-state index contributed by atoms with van der Waals surface area (Å²) in [5.74, 6) is 0.789. The van der Waals surface area contributed by atoms with Crippen LogP contribution >= 0.6 is 11.3 Å². The summed E-state index contributed by atoms with van der Waals surface area (Å²) < 4.78 is 1.90. The third-order valence-electron chi connectivity index (χ3n) is 7.36. The number of thiazole rings is 1. The van der Waals surface area contributed by atoms with Crippen LogP contribution in [-0.2, 0) is 16.1 Å². The fourth-order valence-corrected chi connectivity index (χ4v) is 6.54. The zero-order chi connectivity index (χ0) is 27.8. The molecular weight excluding hydrogens is 514 g/mol. The first kappa shape index (κ1) is 28.1. The first-order valence-corrected chi connectivity index (χ1v) is 14.1. The maximum atomic E-state index is 12.9. The zero-order valence-electron chi connectivity index (χ0n) is 22.0. The maximum Gasteiger partial charge on any atom is 0.270 e. The van der Waals surface area contributed by atoms with Crippen molar-refractivity contribution in [3.63, 3.8) is 0 Å². The highest BCUT2D eigenvalue weighted by Gasteiger charge is 2.31. The summed E-state index contributed by atoms with van der Waals surface area (Å²) in [7, 11) is 0. The number of anilines is 2. The van der Waals surface area contributed by atoms with Gasteiger partial charge in [0.05, 0.1) is 12.6 Å². The predicted molar refractivity (Wildman–Crippen MR) is 151 cm³/mol. The van der Waals surface area contributed by atoms with Crippen molar-refractivity contribution in [3.05, 3.63) is 43.8 Å². The number of hydrogen-bond donors (Lipinski definition) is 3. The van der Waals surface area contributed by atoms with Crippen LogP contribution in [0.4, 0.5) is 11.4 Å². The number of nitrogens with zero attached hydrogens (tertiary/aromatic N) is 4. The van der Waals surface area contributed by atoms with E-state index >= 15 is 0 Å². The second-order valence-electron chi connectivity index (χ2n) is 9.89. The number of likely N-dealkylation sites (tertiary alicyclic amines) is 1. The standard InChI is InChI=1S/C28H33N7O3S/c1-2-35-27(38)24(39-28(35)23(15-30)26(37)31-12-11-29)16-32-21-8-5-9-22(14-21)33-25(36)18-34-13-10-19-6-3-4-7-20(19)17-34/h5,8-9,14,16,19-20,32H,2-4,6-7,10,12-13,17-18H2,1H3,(H,31,37)(H,33,36)/t19-,20-/m1/s1. The van der Waals surface area contributed by atoms with Gasteiger partial charge in [-0.1, -0.05) is 25.3 Å². The number of nitrogens with one attached hydrogen (secondary N) is 3. The molecule has 1 aliphatic carbocycles. The number of amides is 2. The van der Waals surface area contributed by atoms with E-state index in [9.17, 15) is 19.6 Å². The molecule has 1 aromatic carbocycles. The Morgan fingerprint density at radius 2 is 1.92 bits per heavy atom. The van der Waals surface area contributed by atoms with Crippen LogP contribution in [0.2, 0.25) is 0 Å². The monoisotopic (exact) mass is 547 g/mol. The molecule has 2 aromatic rings. The SMILES string of the molecule is CCn1c(=C(C#N)C(=O)NCC#N)sc(=CNc2cccc(NC(=O)CN3CC[C@H]4CCCC[C@@H]4C3)c2)c1=O. The highest BCUT2D eigenvalue weighted by molar-refractivity contribution is 7.07. The van der Waals surface area contributed by atoms with Crippen molar-refractivity contribution >= 4 is 46.3 Å². The van der Waals surface area contributed by atoms with Crippen molar-refractivity contribution in [1.82, 2.24) is 14.8 Å². The van der Waals surface area contributed by atoms with E-state index in [0.29, 0.717) is 28.4 Å². The molecule has 2 amide bonds. The Morgan fingerprint density at radius 3 is 2.67 bits per heavy atom. The molecule has 0 bridgehead atoms. The highest BCUT2D eigenvalue weighted by atomic mass is 32.1. The molecule has 2 aliphatic rings. The highest BCUT2D eigenvalue weighted by Crippen LogP contribution is 2.35. The molecule has 2 heterocycles. The van der Waals surface area contributed by atoms with Crippen LogP contribution in [0, 0.1) is 34.5 Å². The molecule has 1 aliphatic heterocycles. The van der Waals surface area contributed by atoms with E-state index in [1.54, 1.807) is 19.1 Å². The summed E-state index contributed by atoms with van der Waals surface area (Å²) >= 11 is 1.02. The molecule has 1 saturated heterocycles. The van der Waals surface area contributed by atoms with Crippen molar-refractivity contribution < 1.29 is 9.59 Å². The molecule has 10 nitrogen and oxygen atoms in total. The Labute approximate surface area is 231 Å². The van der Waals surface area contributed by atoms with Crippen molar-refractivity contribution in [3.8, 4) is 12.1 Å². The minimum Gasteiger partial charge on any atom is -0.360 e. The molecule has 204 valence electrons. The van der Waals surface area contributed by atoms with E-state index in [1.807, 2.05) is 24.3 Å². The van der Waals surface area contributed by atoms with Crippen LogP contribution in [0.5, 0.6) is 0 Å². The Kier molecular flexibility index (Phi) is 9.53.